The minimum atomic E-state index is -0.0982. The first-order valence-electron chi connectivity index (χ1n) is 5.63. The first-order valence-corrected chi connectivity index (χ1v) is 5.63. The zero-order valence-corrected chi connectivity index (χ0v) is 9.43. The van der Waals surface area contributed by atoms with Gasteiger partial charge in [0.25, 0.3) is 0 Å². The summed E-state index contributed by atoms with van der Waals surface area (Å²) in [5, 5.41) is 0. The van der Waals surface area contributed by atoms with Gasteiger partial charge in [-0.15, -0.1) is 0 Å². The van der Waals surface area contributed by atoms with E-state index in [-0.39, 0.29) is 11.4 Å². The zero-order valence-electron chi connectivity index (χ0n) is 9.43. The van der Waals surface area contributed by atoms with Gasteiger partial charge in [-0.25, -0.2) is 0 Å². The summed E-state index contributed by atoms with van der Waals surface area (Å²) < 4.78 is 4.94. The van der Waals surface area contributed by atoms with Crippen LogP contribution in [0.4, 0.5) is 0 Å². The van der Waals surface area contributed by atoms with Gasteiger partial charge in [0, 0.05) is 0 Å². The Labute approximate surface area is 86.0 Å². The number of carbonyl (C=O) groups excluding carboxylic acids is 1. The van der Waals surface area contributed by atoms with Gasteiger partial charge < -0.3 is 4.74 Å². The van der Waals surface area contributed by atoms with Crippen molar-refractivity contribution < 1.29 is 9.53 Å². The van der Waals surface area contributed by atoms with Crippen LogP contribution in [0, 0.1) is 16.7 Å². The summed E-state index contributed by atoms with van der Waals surface area (Å²) in [6, 6.07) is 0. The van der Waals surface area contributed by atoms with Crippen LogP contribution in [0.3, 0.4) is 0 Å². The molecule has 2 heteroatoms. The molecule has 0 atom stereocenters. The molecule has 0 aromatic rings. The number of carbonyl (C=O) groups is 1. The summed E-state index contributed by atoms with van der Waals surface area (Å²) in [6.45, 7) is 4.58. The molecule has 2 aliphatic carbocycles. The van der Waals surface area contributed by atoms with Crippen LogP contribution >= 0.6 is 0 Å². The van der Waals surface area contributed by atoms with Crippen LogP contribution in [0.1, 0.15) is 46.0 Å². The second kappa shape index (κ2) is 2.98. The van der Waals surface area contributed by atoms with E-state index in [1.165, 1.54) is 20.0 Å². The van der Waals surface area contributed by atoms with E-state index in [9.17, 15) is 4.79 Å². The van der Waals surface area contributed by atoms with Crippen molar-refractivity contribution in [3.8, 4) is 0 Å². The lowest BCUT2D eigenvalue weighted by molar-refractivity contribution is -0.152. The van der Waals surface area contributed by atoms with Gasteiger partial charge in [0.15, 0.2) is 0 Å². The fourth-order valence-corrected chi connectivity index (χ4v) is 3.53. The molecule has 0 aromatic heterocycles. The first-order chi connectivity index (χ1) is 6.55. The Balaban J connectivity index is 2.20. The van der Waals surface area contributed by atoms with Crippen LogP contribution in [0.5, 0.6) is 0 Å². The lowest BCUT2D eigenvalue weighted by Gasteiger charge is -2.30. The van der Waals surface area contributed by atoms with E-state index in [0.29, 0.717) is 11.3 Å². The highest BCUT2D eigenvalue weighted by atomic mass is 16.5. The summed E-state index contributed by atoms with van der Waals surface area (Å²) >= 11 is 0. The average Bonchev–Trinajstić information content (AvgIpc) is 2.74. The third kappa shape index (κ3) is 1.12. The predicted octanol–water partition coefficient (Wildman–Crippen LogP) is 2.77. The zero-order chi connectivity index (χ0) is 10.4. The summed E-state index contributed by atoms with van der Waals surface area (Å²) in [6.07, 6.45) is 5.62. The fraction of sp³-hybridized carbons (Fsp3) is 0.917. The van der Waals surface area contributed by atoms with Gasteiger partial charge in [-0.3, -0.25) is 4.79 Å². The fourth-order valence-electron chi connectivity index (χ4n) is 3.53. The van der Waals surface area contributed by atoms with E-state index in [4.69, 9.17) is 4.74 Å². The van der Waals surface area contributed by atoms with Crippen LogP contribution < -0.4 is 0 Å². The molecule has 80 valence electrons. The topological polar surface area (TPSA) is 26.3 Å². The molecule has 2 nitrogen and oxygen atoms in total. The summed E-state index contributed by atoms with van der Waals surface area (Å²) in [4.78, 5) is 11.7. The molecule has 2 aliphatic rings. The molecule has 0 saturated heterocycles. The highest BCUT2D eigenvalue weighted by Gasteiger charge is 2.59. The standard InChI is InChI=1S/C12H20O2/c1-9(2)11-4-6-12(8-11,7-5-11)10(13)14-3/h9H,4-8H2,1-3H3. The molecule has 0 unspecified atom stereocenters. The van der Waals surface area contributed by atoms with Crippen molar-refractivity contribution in [1.82, 2.24) is 0 Å². The Kier molecular flexibility index (Phi) is 2.13. The maximum Gasteiger partial charge on any atom is 0.311 e. The number of esters is 1. The van der Waals surface area contributed by atoms with Gasteiger partial charge in [0.2, 0.25) is 0 Å². The molecule has 0 heterocycles. The van der Waals surface area contributed by atoms with Gasteiger partial charge in [-0.2, -0.15) is 0 Å². The van der Waals surface area contributed by atoms with Crippen molar-refractivity contribution in [2.24, 2.45) is 16.7 Å². The normalized spacial score (nSPS) is 40.6. The molecule has 0 N–H and O–H groups in total. The molecule has 0 radical (unpaired) electrons. The highest BCUT2D eigenvalue weighted by molar-refractivity contribution is 5.78. The van der Waals surface area contributed by atoms with Gasteiger partial charge in [-0.05, 0) is 43.4 Å². The monoisotopic (exact) mass is 196 g/mol. The SMILES string of the molecule is COC(=O)C12CCC(C(C)C)(CC1)C2. The lowest BCUT2D eigenvalue weighted by Crippen LogP contribution is -2.27. The number of methoxy groups -OCH3 is 1. The predicted molar refractivity (Wildman–Crippen MR) is 54.8 cm³/mol. The molecular formula is C12H20O2. The summed E-state index contributed by atoms with van der Waals surface area (Å²) in [7, 11) is 1.52. The number of fused-ring (bicyclic) bond motifs is 2. The van der Waals surface area contributed by atoms with Crippen molar-refractivity contribution in [2.75, 3.05) is 7.11 Å². The molecule has 14 heavy (non-hydrogen) atoms. The Morgan fingerprint density at radius 2 is 1.79 bits per heavy atom. The van der Waals surface area contributed by atoms with Crippen molar-refractivity contribution in [1.29, 1.82) is 0 Å². The molecular weight excluding hydrogens is 176 g/mol. The molecule has 2 bridgehead atoms. The quantitative estimate of drug-likeness (QED) is 0.635. The maximum absolute atomic E-state index is 11.7. The van der Waals surface area contributed by atoms with Crippen LogP contribution in [0.25, 0.3) is 0 Å². The molecule has 2 saturated carbocycles. The second-order valence-corrected chi connectivity index (χ2v) is 5.47. The third-order valence-electron chi connectivity index (χ3n) is 4.74. The molecule has 2 fully saturated rings. The van der Waals surface area contributed by atoms with E-state index in [1.807, 2.05) is 0 Å². The minimum Gasteiger partial charge on any atom is -0.469 e. The van der Waals surface area contributed by atoms with E-state index in [0.717, 1.165) is 19.3 Å². The van der Waals surface area contributed by atoms with E-state index < -0.39 is 0 Å². The van der Waals surface area contributed by atoms with E-state index in [2.05, 4.69) is 13.8 Å². The van der Waals surface area contributed by atoms with Crippen molar-refractivity contribution in [2.45, 2.75) is 46.0 Å². The van der Waals surface area contributed by atoms with Gasteiger partial charge in [0.05, 0.1) is 12.5 Å². The Hall–Kier alpha value is -0.530. The van der Waals surface area contributed by atoms with Crippen molar-refractivity contribution in [3.63, 3.8) is 0 Å². The maximum atomic E-state index is 11.7. The Morgan fingerprint density at radius 3 is 2.14 bits per heavy atom. The van der Waals surface area contributed by atoms with Crippen LogP contribution in [0.15, 0.2) is 0 Å². The number of ether oxygens (including phenoxy) is 1. The van der Waals surface area contributed by atoms with Crippen LogP contribution in [0.2, 0.25) is 0 Å². The Bertz CT molecular complexity index is 247. The van der Waals surface area contributed by atoms with Crippen molar-refractivity contribution in [3.05, 3.63) is 0 Å². The van der Waals surface area contributed by atoms with Gasteiger partial charge in [-0.1, -0.05) is 13.8 Å². The molecule has 2 rings (SSSR count). The Morgan fingerprint density at radius 1 is 1.21 bits per heavy atom. The minimum absolute atomic E-state index is 0.0394. The third-order valence-corrected chi connectivity index (χ3v) is 4.74. The van der Waals surface area contributed by atoms with E-state index in [1.54, 1.807) is 0 Å². The highest BCUT2D eigenvalue weighted by Crippen LogP contribution is 2.64. The average molecular weight is 196 g/mol. The largest absolute Gasteiger partial charge is 0.469 e. The van der Waals surface area contributed by atoms with Crippen LogP contribution in [-0.4, -0.2) is 13.1 Å². The second-order valence-electron chi connectivity index (χ2n) is 5.47. The molecule has 0 amide bonds. The number of rotatable bonds is 2. The van der Waals surface area contributed by atoms with E-state index >= 15 is 0 Å². The summed E-state index contributed by atoms with van der Waals surface area (Å²) in [5.74, 6) is 0.744. The molecule has 0 aromatic carbocycles. The van der Waals surface area contributed by atoms with Gasteiger partial charge in [0.1, 0.15) is 0 Å². The summed E-state index contributed by atoms with van der Waals surface area (Å²) in [5.41, 5.74) is 0.354. The molecule has 0 aliphatic heterocycles. The first kappa shape index (κ1) is 10.0. The van der Waals surface area contributed by atoms with Gasteiger partial charge >= 0.3 is 5.97 Å². The molecule has 0 spiro atoms. The number of hydrogen-bond donors (Lipinski definition) is 0. The smallest absolute Gasteiger partial charge is 0.311 e. The van der Waals surface area contributed by atoms with Crippen LogP contribution in [-0.2, 0) is 9.53 Å². The number of hydrogen-bond acceptors (Lipinski definition) is 2. The van der Waals surface area contributed by atoms with Crippen molar-refractivity contribution >= 4 is 5.97 Å². The lowest BCUT2D eigenvalue weighted by atomic mass is 9.75.